The summed E-state index contributed by atoms with van der Waals surface area (Å²) in [5.74, 6) is -0.587. The van der Waals surface area contributed by atoms with Crippen LogP contribution in [0, 0.1) is 18.6 Å². The van der Waals surface area contributed by atoms with E-state index in [9.17, 15) is 8.78 Å². The highest BCUT2D eigenvalue weighted by molar-refractivity contribution is 8.02. The average Bonchev–Trinajstić information content (AvgIpc) is 2.67. The number of halogens is 2. The molecule has 0 saturated heterocycles. The van der Waals surface area contributed by atoms with Gasteiger partial charge < -0.3 is 0 Å². The van der Waals surface area contributed by atoms with Gasteiger partial charge >= 0.3 is 0 Å². The summed E-state index contributed by atoms with van der Waals surface area (Å²) in [4.78, 5) is 5.59. The minimum Gasteiger partial charge on any atom is -0.248 e. The van der Waals surface area contributed by atoms with Crippen molar-refractivity contribution in [2.75, 3.05) is 0 Å². The van der Waals surface area contributed by atoms with Gasteiger partial charge in [-0.2, -0.15) is 0 Å². The molecule has 0 aromatic heterocycles. The first kappa shape index (κ1) is 19.1. The number of benzene rings is 3. The van der Waals surface area contributed by atoms with E-state index < -0.39 is 0 Å². The van der Waals surface area contributed by atoms with Gasteiger partial charge in [-0.1, -0.05) is 41.6 Å². The Bertz CT molecular complexity index is 974. The average molecular weight is 379 g/mol. The summed E-state index contributed by atoms with van der Waals surface area (Å²) in [5.41, 5.74) is 3.76. The maximum atomic E-state index is 14.4. The third-order valence-corrected chi connectivity index (χ3v) is 4.98. The van der Waals surface area contributed by atoms with Crippen molar-refractivity contribution in [1.29, 1.82) is 0 Å². The molecule has 0 fully saturated rings. The monoisotopic (exact) mass is 379 g/mol. The van der Waals surface area contributed by atoms with E-state index in [0.717, 1.165) is 21.7 Å². The molecule has 27 heavy (non-hydrogen) atoms. The second-order valence-corrected chi connectivity index (χ2v) is 7.09. The van der Waals surface area contributed by atoms with E-state index in [2.05, 4.69) is 0 Å². The second-order valence-electron chi connectivity index (χ2n) is 6.15. The molecule has 0 amide bonds. The van der Waals surface area contributed by atoms with Crippen LogP contribution in [0.3, 0.4) is 0 Å². The predicted molar refractivity (Wildman–Crippen MR) is 110 cm³/mol. The van der Waals surface area contributed by atoms with Gasteiger partial charge in [0.25, 0.3) is 0 Å². The molecule has 0 bridgehead atoms. The van der Waals surface area contributed by atoms with Crippen molar-refractivity contribution in [3.8, 4) is 0 Å². The Kier molecular flexibility index (Phi) is 6.20. The molecule has 0 radical (unpaired) electrons. The smallest absolute Gasteiger partial charge is 0.132 e. The zero-order chi connectivity index (χ0) is 19.2. The lowest BCUT2D eigenvalue weighted by molar-refractivity contribution is 0.625. The van der Waals surface area contributed by atoms with Crippen LogP contribution in [0.25, 0.3) is 0 Å². The maximum absolute atomic E-state index is 14.4. The standard InChI is InChI=1S/C23H19F2NS/c1-16-7-11-19(12-8-16)26-23(21-5-3-4-6-22(21)25)17(2)15-27-20-13-9-18(24)10-14-20/h3-15H,1-2H3/b17-15+,26-23?. The summed E-state index contributed by atoms with van der Waals surface area (Å²) in [6.07, 6.45) is 0. The van der Waals surface area contributed by atoms with Gasteiger partial charge in [-0.15, -0.1) is 0 Å². The molecule has 1 nitrogen and oxygen atoms in total. The zero-order valence-electron chi connectivity index (χ0n) is 15.1. The molecule has 3 aromatic carbocycles. The number of allylic oxidation sites excluding steroid dienone is 1. The van der Waals surface area contributed by atoms with Gasteiger partial charge in [-0.05, 0) is 73.4 Å². The lowest BCUT2D eigenvalue weighted by atomic mass is 10.0. The normalized spacial score (nSPS) is 12.3. The molecule has 0 heterocycles. The fourth-order valence-corrected chi connectivity index (χ4v) is 3.21. The highest BCUT2D eigenvalue weighted by Crippen LogP contribution is 2.25. The molecular formula is C23H19F2NS. The maximum Gasteiger partial charge on any atom is 0.132 e. The molecule has 3 aromatic rings. The van der Waals surface area contributed by atoms with Crippen LogP contribution in [-0.2, 0) is 0 Å². The summed E-state index contributed by atoms with van der Waals surface area (Å²) in [5, 5.41) is 1.91. The van der Waals surface area contributed by atoms with Crippen LogP contribution in [0.1, 0.15) is 18.1 Å². The van der Waals surface area contributed by atoms with Crippen LogP contribution in [0.5, 0.6) is 0 Å². The van der Waals surface area contributed by atoms with Gasteiger partial charge in [0.1, 0.15) is 11.6 Å². The van der Waals surface area contributed by atoms with E-state index in [1.807, 2.05) is 43.5 Å². The minimum absolute atomic E-state index is 0.270. The number of nitrogens with zero attached hydrogens (tertiary/aromatic N) is 1. The van der Waals surface area contributed by atoms with Crippen molar-refractivity contribution in [3.05, 3.63) is 107 Å². The molecule has 0 aliphatic heterocycles. The van der Waals surface area contributed by atoms with Gasteiger partial charge in [0.2, 0.25) is 0 Å². The molecule has 136 valence electrons. The third-order valence-electron chi connectivity index (χ3n) is 3.96. The summed E-state index contributed by atoms with van der Waals surface area (Å²) in [7, 11) is 0. The Hall–Kier alpha value is -2.72. The lowest BCUT2D eigenvalue weighted by Gasteiger charge is -2.09. The van der Waals surface area contributed by atoms with Gasteiger partial charge in [-0.25, -0.2) is 13.8 Å². The van der Waals surface area contributed by atoms with Crippen molar-refractivity contribution < 1.29 is 8.78 Å². The van der Waals surface area contributed by atoms with Crippen LogP contribution in [0.15, 0.2) is 93.7 Å². The van der Waals surface area contributed by atoms with Gasteiger partial charge in [0, 0.05) is 10.5 Å². The Morgan fingerprint density at radius 3 is 2.22 bits per heavy atom. The summed E-state index contributed by atoms with van der Waals surface area (Å²) < 4.78 is 27.5. The molecule has 3 rings (SSSR count). The first-order valence-corrected chi connectivity index (χ1v) is 9.40. The number of hydrogen-bond acceptors (Lipinski definition) is 2. The van der Waals surface area contributed by atoms with Crippen LogP contribution in [0.2, 0.25) is 0 Å². The Morgan fingerprint density at radius 2 is 1.56 bits per heavy atom. The molecule has 0 aliphatic carbocycles. The molecule has 0 spiro atoms. The number of thioether (sulfide) groups is 1. The minimum atomic E-state index is -0.317. The van der Waals surface area contributed by atoms with Crippen molar-refractivity contribution >= 4 is 23.2 Å². The van der Waals surface area contributed by atoms with Crippen LogP contribution < -0.4 is 0 Å². The quantitative estimate of drug-likeness (QED) is 0.340. The van der Waals surface area contributed by atoms with Crippen LogP contribution >= 0.6 is 11.8 Å². The fourth-order valence-electron chi connectivity index (χ4n) is 2.49. The summed E-state index contributed by atoms with van der Waals surface area (Å²) in [6, 6.07) is 20.7. The Balaban J connectivity index is 1.98. The molecule has 0 aliphatic rings. The predicted octanol–water partition coefficient (Wildman–Crippen LogP) is 7.09. The zero-order valence-corrected chi connectivity index (χ0v) is 15.9. The molecule has 4 heteroatoms. The van der Waals surface area contributed by atoms with E-state index in [4.69, 9.17) is 4.99 Å². The third kappa shape index (κ3) is 5.14. The second kappa shape index (κ2) is 8.78. The fraction of sp³-hybridized carbons (Fsp3) is 0.0870. The first-order valence-electron chi connectivity index (χ1n) is 8.52. The molecule has 0 atom stereocenters. The van der Waals surface area contributed by atoms with E-state index in [1.54, 1.807) is 30.3 Å². The Morgan fingerprint density at radius 1 is 0.889 bits per heavy atom. The van der Waals surface area contributed by atoms with Crippen LogP contribution in [0.4, 0.5) is 14.5 Å². The van der Waals surface area contributed by atoms with Crippen LogP contribution in [-0.4, -0.2) is 5.71 Å². The van der Waals surface area contributed by atoms with Crippen molar-refractivity contribution in [1.82, 2.24) is 0 Å². The number of aliphatic imine (C=N–C) groups is 1. The largest absolute Gasteiger partial charge is 0.248 e. The van der Waals surface area contributed by atoms with E-state index in [-0.39, 0.29) is 11.6 Å². The highest BCUT2D eigenvalue weighted by Gasteiger charge is 2.12. The first-order chi connectivity index (χ1) is 13.0. The summed E-state index contributed by atoms with van der Waals surface area (Å²) >= 11 is 1.45. The SMILES string of the molecule is C/C(=C\Sc1ccc(F)cc1)C(=Nc1ccc(C)cc1)c1ccccc1F. The topological polar surface area (TPSA) is 12.4 Å². The molecular weight excluding hydrogens is 360 g/mol. The van der Waals surface area contributed by atoms with Gasteiger partial charge in [0.15, 0.2) is 0 Å². The van der Waals surface area contributed by atoms with Crippen molar-refractivity contribution in [2.45, 2.75) is 18.7 Å². The highest BCUT2D eigenvalue weighted by atomic mass is 32.2. The Labute approximate surface area is 162 Å². The van der Waals surface area contributed by atoms with Crippen molar-refractivity contribution in [3.63, 3.8) is 0 Å². The number of rotatable bonds is 5. The molecule has 0 saturated carbocycles. The van der Waals surface area contributed by atoms with E-state index in [0.29, 0.717) is 11.3 Å². The number of aryl methyl sites for hydroxylation is 1. The summed E-state index contributed by atoms with van der Waals surface area (Å²) in [6.45, 7) is 3.91. The van der Waals surface area contributed by atoms with Crippen molar-refractivity contribution in [2.24, 2.45) is 4.99 Å². The molecule has 0 unspecified atom stereocenters. The van der Waals surface area contributed by atoms with Gasteiger partial charge in [0.05, 0.1) is 11.4 Å². The van der Waals surface area contributed by atoms with Gasteiger partial charge in [-0.3, -0.25) is 0 Å². The van der Waals surface area contributed by atoms with E-state index in [1.165, 1.54) is 30.0 Å². The molecule has 0 N–H and O–H groups in total. The van der Waals surface area contributed by atoms with E-state index >= 15 is 0 Å². The number of hydrogen-bond donors (Lipinski definition) is 0. The lowest BCUT2D eigenvalue weighted by Crippen LogP contribution is -2.05.